The van der Waals surface area contributed by atoms with Crippen LogP contribution in [0.3, 0.4) is 0 Å². The molecule has 3 N–H and O–H groups in total. The number of phenols is 1. The van der Waals surface area contributed by atoms with Crippen LogP contribution >= 0.6 is 15.9 Å². The molecule has 126 valence electrons. The van der Waals surface area contributed by atoms with Gasteiger partial charge in [-0.2, -0.15) is 4.98 Å². The summed E-state index contributed by atoms with van der Waals surface area (Å²) in [7, 11) is 0. The summed E-state index contributed by atoms with van der Waals surface area (Å²) < 4.78 is 14.4. The van der Waals surface area contributed by atoms with Crippen molar-refractivity contribution in [1.82, 2.24) is 9.97 Å². The normalized spacial score (nSPS) is 10.3. The number of carbonyl (C=O) groups is 1. The van der Waals surface area contributed by atoms with Gasteiger partial charge in [0.25, 0.3) is 5.91 Å². The molecular weight excluding hydrogens is 391 g/mol. The molecule has 0 saturated carbocycles. The Labute approximate surface area is 150 Å². The van der Waals surface area contributed by atoms with Gasteiger partial charge in [0.05, 0.1) is 10.0 Å². The van der Waals surface area contributed by atoms with E-state index in [0.29, 0.717) is 10.3 Å². The zero-order valence-electron chi connectivity index (χ0n) is 12.7. The Hall–Kier alpha value is -3.00. The summed E-state index contributed by atoms with van der Waals surface area (Å²) in [6.07, 6.45) is 1.47. The third-order valence-electron chi connectivity index (χ3n) is 3.20. The first kappa shape index (κ1) is 16.8. The van der Waals surface area contributed by atoms with Gasteiger partial charge in [0.2, 0.25) is 5.95 Å². The molecule has 1 heterocycles. The summed E-state index contributed by atoms with van der Waals surface area (Å²) in [5, 5.41) is 14.7. The van der Waals surface area contributed by atoms with Gasteiger partial charge in [-0.3, -0.25) is 10.1 Å². The van der Waals surface area contributed by atoms with Gasteiger partial charge in [-0.15, -0.1) is 0 Å². The smallest absolute Gasteiger partial charge is 0.260 e. The number of carbonyl (C=O) groups excluding carboxylic acids is 1. The number of benzene rings is 2. The Kier molecular flexibility index (Phi) is 4.90. The lowest BCUT2D eigenvalue weighted by Gasteiger charge is -2.10. The number of hydrogen-bond acceptors (Lipinski definition) is 5. The predicted molar refractivity (Wildman–Crippen MR) is 95.5 cm³/mol. The van der Waals surface area contributed by atoms with Crippen molar-refractivity contribution < 1.29 is 14.3 Å². The molecule has 8 heteroatoms. The molecule has 1 aromatic heterocycles. The maximum Gasteiger partial charge on any atom is 0.260 e. The molecule has 0 aliphatic carbocycles. The number of nitrogens with one attached hydrogen (secondary N) is 2. The van der Waals surface area contributed by atoms with Crippen molar-refractivity contribution in [2.45, 2.75) is 0 Å². The highest BCUT2D eigenvalue weighted by atomic mass is 79.9. The Morgan fingerprint density at radius 1 is 1.16 bits per heavy atom. The monoisotopic (exact) mass is 402 g/mol. The van der Waals surface area contributed by atoms with Gasteiger partial charge >= 0.3 is 0 Å². The minimum atomic E-state index is -0.836. The van der Waals surface area contributed by atoms with Crippen LogP contribution < -0.4 is 10.6 Å². The lowest BCUT2D eigenvalue weighted by Crippen LogP contribution is -2.16. The summed E-state index contributed by atoms with van der Waals surface area (Å²) in [4.78, 5) is 20.4. The number of rotatable bonds is 4. The molecule has 3 aromatic rings. The first-order valence-corrected chi connectivity index (χ1v) is 7.97. The summed E-state index contributed by atoms with van der Waals surface area (Å²) in [6.45, 7) is 0. The molecule has 0 spiro atoms. The van der Waals surface area contributed by atoms with E-state index in [4.69, 9.17) is 0 Å². The zero-order chi connectivity index (χ0) is 17.8. The highest BCUT2D eigenvalue weighted by Gasteiger charge is 2.14. The quantitative estimate of drug-likeness (QED) is 0.611. The minimum absolute atomic E-state index is 0.0131. The number of aromatic hydroxyl groups is 1. The summed E-state index contributed by atoms with van der Waals surface area (Å²) in [5.41, 5.74) is 0.589. The van der Waals surface area contributed by atoms with E-state index >= 15 is 0 Å². The SMILES string of the molecule is O=C(Nc1ncc(Br)c(Nc2ccccc2)n1)c1ccc(O)cc1F. The summed E-state index contributed by atoms with van der Waals surface area (Å²) in [6, 6.07) is 12.6. The van der Waals surface area contributed by atoms with Crippen molar-refractivity contribution >= 4 is 39.3 Å². The second-order valence-corrected chi connectivity index (χ2v) is 5.85. The number of halogens is 2. The molecule has 2 aromatic carbocycles. The van der Waals surface area contributed by atoms with E-state index in [2.05, 4.69) is 36.5 Å². The third kappa shape index (κ3) is 4.10. The van der Waals surface area contributed by atoms with E-state index in [1.54, 1.807) is 0 Å². The number of hydrogen-bond donors (Lipinski definition) is 3. The van der Waals surface area contributed by atoms with Gasteiger partial charge in [-0.1, -0.05) is 18.2 Å². The van der Waals surface area contributed by atoms with Crippen LogP contribution in [0.5, 0.6) is 5.75 Å². The van der Waals surface area contributed by atoms with Gasteiger partial charge < -0.3 is 10.4 Å². The maximum absolute atomic E-state index is 13.8. The molecule has 0 fully saturated rings. The first-order valence-electron chi connectivity index (χ1n) is 7.17. The van der Waals surface area contributed by atoms with E-state index < -0.39 is 11.7 Å². The van der Waals surface area contributed by atoms with Crippen LogP contribution in [0, 0.1) is 5.82 Å². The fourth-order valence-corrected chi connectivity index (χ4v) is 2.32. The molecule has 1 amide bonds. The van der Waals surface area contributed by atoms with Gasteiger partial charge in [0, 0.05) is 18.0 Å². The molecular formula is C17H12BrFN4O2. The van der Waals surface area contributed by atoms with Crippen LogP contribution in [0.25, 0.3) is 0 Å². The molecule has 0 aliphatic heterocycles. The second kappa shape index (κ2) is 7.27. The van der Waals surface area contributed by atoms with Crippen LogP contribution in [-0.4, -0.2) is 21.0 Å². The van der Waals surface area contributed by atoms with Crippen molar-refractivity contribution in [3.8, 4) is 5.75 Å². The Balaban J connectivity index is 1.81. The van der Waals surface area contributed by atoms with E-state index in [-0.39, 0.29) is 17.3 Å². The molecule has 25 heavy (non-hydrogen) atoms. The van der Waals surface area contributed by atoms with E-state index in [1.807, 2.05) is 30.3 Å². The molecule has 3 rings (SSSR count). The molecule has 0 saturated heterocycles. The van der Waals surface area contributed by atoms with E-state index in [9.17, 15) is 14.3 Å². The minimum Gasteiger partial charge on any atom is -0.508 e. The molecule has 0 aliphatic rings. The molecule has 0 atom stereocenters. The molecule has 6 nitrogen and oxygen atoms in total. The third-order valence-corrected chi connectivity index (χ3v) is 3.78. The number of phenolic OH excluding ortho intramolecular Hbond substituents is 1. The maximum atomic E-state index is 13.8. The predicted octanol–water partition coefficient (Wildman–Crippen LogP) is 4.08. The number of para-hydroxylation sites is 1. The Morgan fingerprint density at radius 2 is 1.92 bits per heavy atom. The van der Waals surface area contributed by atoms with Crippen molar-refractivity contribution in [3.63, 3.8) is 0 Å². The number of aromatic nitrogens is 2. The van der Waals surface area contributed by atoms with Crippen LogP contribution in [0.2, 0.25) is 0 Å². The average molecular weight is 403 g/mol. The van der Waals surface area contributed by atoms with Crippen LogP contribution in [-0.2, 0) is 0 Å². The van der Waals surface area contributed by atoms with Gasteiger partial charge in [0.1, 0.15) is 17.4 Å². The van der Waals surface area contributed by atoms with Gasteiger partial charge in [0.15, 0.2) is 0 Å². The fraction of sp³-hybridized carbons (Fsp3) is 0. The van der Waals surface area contributed by atoms with Crippen molar-refractivity contribution in [1.29, 1.82) is 0 Å². The van der Waals surface area contributed by atoms with Gasteiger partial charge in [-0.25, -0.2) is 9.37 Å². The number of anilines is 3. The lowest BCUT2D eigenvalue weighted by molar-refractivity contribution is 0.102. The van der Waals surface area contributed by atoms with Gasteiger partial charge in [-0.05, 0) is 40.2 Å². The Bertz CT molecular complexity index is 922. The number of nitrogens with zero attached hydrogens (tertiary/aromatic N) is 2. The zero-order valence-corrected chi connectivity index (χ0v) is 14.3. The fourth-order valence-electron chi connectivity index (χ4n) is 2.03. The average Bonchev–Trinajstić information content (AvgIpc) is 2.58. The standard InChI is InChI=1S/C17H12BrFN4O2/c18-13-9-20-17(22-15(13)21-10-4-2-1-3-5-10)23-16(25)12-7-6-11(24)8-14(12)19/h1-9,24H,(H2,20,21,22,23,25). The van der Waals surface area contributed by atoms with Crippen LogP contribution in [0.15, 0.2) is 59.2 Å². The molecule has 0 unspecified atom stereocenters. The van der Waals surface area contributed by atoms with Crippen molar-refractivity contribution in [2.75, 3.05) is 10.6 Å². The van der Waals surface area contributed by atoms with Crippen molar-refractivity contribution in [3.05, 3.63) is 70.6 Å². The topological polar surface area (TPSA) is 87.1 Å². The summed E-state index contributed by atoms with van der Waals surface area (Å²) in [5.74, 6) is -1.35. The Morgan fingerprint density at radius 3 is 2.64 bits per heavy atom. The lowest BCUT2D eigenvalue weighted by atomic mass is 10.2. The molecule has 0 bridgehead atoms. The van der Waals surface area contributed by atoms with E-state index in [1.165, 1.54) is 18.3 Å². The molecule has 0 radical (unpaired) electrons. The van der Waals surface area contributed by atoms with Crippen molar-refractivity contribution in [2.24, 2.45) is 0 Å². The van der Waals surface area contributed by atoms with Crippen LogP contribution in [0.4, 0.5) is 21.8 Å². The number of amides is 1. The highest BCUT2D eigenvalue weighted by molar-refractivity contribution is 9.10. The van der Waals surface area contributed by atoms with Crippen LogP contribution in [0.1, 0.15) is 10.4 Å². The highest BCUT2D eigenvalue weighted by Crippen LogP contribution is 2.24. The van der Waals surface area contributed by atoms with E-state index in [0.717, 1.165) is 11.8 Å². The second-order valence-electron chi connectivity index (χ2n) is 5.00. The largest absolute Gasteiger partial charge is 0.508 e. The first-order chi connectivity index (χ1) is 12.0. The summed E-state index contributed by atoms with van der Waals surface area (Å²) >= 11 is 3.33.